The van der Waals surface area contributed by atoms with Gasteiger partial charge in [0.05, 0.1) is 19.8 Å². The number of aliphatic hydroxyl groups excluding tert-OH is 2. The summed E-state index contributed by atoms with van der Waals surface area (Å²) in [6.07, 6.45) is -2.58. The van der Waals surface area contributed by atoms with Crippen molar-refractivity contribution in [2.45, 2.75) is 76.8 Å². The van der Waals surface area contributed by atoms with Gasteiger partial charge < -0.3 is 29.5 Å². The smallest absolute Gasteiger partial charge is 0.372 e. The third kappa shape index (κ3) is 4.49. The number of hydrogen-bond acceptors (Lipinski definition) is 7. The molecular formula is C21H32O7. The Hall–Kier alpha value is -1.67. The Morgan fingerprint density at radius 1 is 1.18 bits per heavy atom. The molecule has 7 heteroatoms. The van der Waals surface area contributed by atoms with Gasteiger partial charge in [-0.15, -0.1) is 0 Å². The minimum Gasteiger partial charge on any atom is -0.497 e. The standard InChI is InChI=1S/C21H32O7/c1-19(2,3)13-8-12(26-7)9-14(20(4,5)6)17(13)27-18(24)21(25)10-15(23)16(11-22)28-21/h8-9,15-16,22-23,25H,10-11H2,1-7H3/t15-,16+,21?/m0/s1. The average Bonchev–Trinajstić information content (AvgIpc) is 2.88. The number of aliphatic hydroxyl groups is 3. The van der Waals surface area contributed by atoms with Crippen LogP contribution < -0.4 is 9.47 Å². The van der Waals surface area contributed by atoms with Crippen LogP contribution in [0.25, 0.3) is 0 Å². The van der Waals surface area contributed by atoms with E-state index in [4.69, 9.17) is 14.2 Å². The second kappa shape index (κ2) is 7.63. The Morgan fingerprint density at radius 2 is 1.68 bits per heavy atom. The number of hydrogen-bond donors (Lipinski definition) is 3. The summed E-state index contributed by atoms with van der Waals surface area (Å²) >= 11 is 0. The lowest BCUT2D eigenvalue weighted by atomic mass is 9.79. The predicted molar refractivity (Wildman–Crippen MR) is 104 cm³/mol. The SMILES string of the molecule is COc1cc(C(C)(C)C)c(OC(=O)C2(O)C[C@H](O)[C@@H](CO)O2)c(C(C)(C)C)c1. The van der Waals surface area contributed by atoms with Crippen LogP contribution in [-0.2, 0) is 20.4 Å². The van der Waals surface area contributed by atoms with Crippen molar-refractivity contribution in [3.8, 4) is 11.5 Å². The molecule has 28 heavy (non-hydrogen) atoms. The molecule has 1 aromatic carbocycles. The first-order valence-electron chi connectivity index (χ1n) is 9.37. The second-order valence-corrected chi connectivity index (χ2v) is 9.34. The molecule has 3 atom stereocenters. The molecule has 0 spiro atoms. The normalized spacial score (nSPS) is 25.6. The zero-order chi connectivity index (χ0) is 21.5. The fourth-order valence-corrected chi connectivity index (χ4v) is 3.20. The number of benzene rings is 1. The molecule has 0 bridgehead atoms. The molecule has 1 fully saturated rings. The van der Waals surface area contributed by atoms with Crippen LogP contribution in [0.2, 0.25) is 0 Å². The molecule has 2 rings (SSSR count). The second-order valence-electron chi connectivity index (χ2n) is 9.34. The number of methoxy groups -OCH3 is 1. The van der Waals surface area contributed by atoms with E-state index in [0.29, 0.717) is 11.5 Å². The van der Waals surface area contributed by atoms with Crippen molar-refractivity contribution in [2.75, 3.05) is 13.7 Å². The molecule has 1 aromatic rings. The maximum Gasteiger partial charge on any atom is 0.372 e. The number of ether oxygens (including phenoxy) is 3. The lowest BCUT2D eigenvalue weighted by Crippen LogP contribution is -2.43. The van der Waals surface area contributed by atoms with Gasteiger partial charge in [-0.05, 0) is 23.0 Å². The summed E-state index contributed by atoms with van der Waals surface area (Å²) in [6, 6.07) is 3.62. The predicted octanol–water partition coefficient (Wildman–Crippen LogP) is 2.03. The van der Waals surface area contributed by atoms with Gasteiger partial charge in [0.25, 0.3) is 5.79 Å². The number of esters is 1. The lowest BCUT2D eigenvalue weighted by molar-refractivity contribution is -0.217. The van der Waals surface area contributed by atoms with Gasteiger partial charge in [0.1, 0.15) is 17.6 Å². The summed E-state index contributed by atoms with van der Waals surface area (Å²) in [5.41, 5.74) is 0.726. The van der Waals surface area contributed by atoms with Crippen LogP contribution in [-0.4, -0.2) is 53.0 Å². The molecule has 1 heterocycles. The average molecular weight is 396 g/mol. The minimum atomic E-state index is -2.32. The third-order valence-corrected chi connectivity index (χ3v) is 4.87. The van der Waals surface area contributed by atoms with Gasteiger partial charge in [0.15, 0.2) is 0 Å². The molecule has 0 saturated carbocycles. The van der Waals surface area contributed by atoms with Crippen molar-refractivity contribution >= 4 is 5.97 Å². The van der Waals surface area contributed by atoms with Crippen LogP contribution in [0.5, 0.6) is 11.5 Å². The van der Waals surface area contributed by atoms with Gasteiger partial charge in [-0.25, -0.2) is 4.79 Å². The van der Waals surface area contributed by atoms with Gasteiger partial charge in [-0.2, -0.15) is 0 Å². The van der Waals surface area contributed by atoms with Gasteiger partial charge in [-0.3, -0.25) is 0 Å². The highest BCUT2D eigenvalue weighted by molar-refractivity contribution is 5.81. The number of carbonyl (C=O) groups is 1. The summed E-state index contributed by atoms with van der Waals surface area (Å²) in [6.45, 7) is 11.4. The van der Waals surface area contributed by atoms with E-state index in [1.165, 1.54) is 0 Å². The van der Waals surface area contributed by atoms with Crippen molar-refractivity contribution in [3.63, 3.8) is 0 Å². The molecular weight excluding hydrogens is 364 g/mol. The molecule has 0 amide bonds. The summed E-state index contributed by atoms with van der Waals surface area (Å²) < 4.78 is 16.3. The topological polar surface area (TPSA) is 105 Å². The Bertz CT molecular complexity index is 694. The van der Waals surface area contributed by atoms with E-state index < -0.39 is 30.6 Å². The number of carbonyl (C=O) groups excluding carboxylic acids is 1. The fourth-order valence-electron chi connectivity index (χ4n) is 3.20. The van der Waals surface area contributed by atoms with Crippen molar-refractivity contribution < 1.29 is 34.3 Å². The number of rotatable bonds is 4. The highest BCUT2D eigenvalue weighted by atomic mass is 16.7. The van der Waals surface area contributed by atoms with E-state index in [2.05, 4.69) is 0 Å². The Balaban J connectivity index is 2.53. The highest BCUT2D eigenvalue weighted by Gasteiger charge is 2.52. The molecule has 0 aliphatic carbocycles. The van der Waals surface area contributed by atoms with Gasteiger partial charge in [0.2, 0.25) is 0 Å². The monoisotopic (exact) mass is 396 g/mol. The van der Waals surface area contributed by atoms with E-state index in [9.17, 15) is 20.1 Å². The van der Waals surface area contributed by atoms with E-state index in [1.807, 2.05) is 53.7 Å². The summed E-state index contributed by atoms with van der Waals surface area (Å²) in [5.74, 6) is -2.37. The molecule has 158 valence electrons. The third-order valence-electron chi connectivity index (χ3n) is 4.87. The molecule has 0 radical (unpaired) electrons. The maximum absolute atomic E-state index is 12.8. The molecule has 1 aliphatic heterocycles. The van der Waals surface area contributed by atoms with E-state index in [0.717, 1.165) is 11.1 Å². The first-order chi connectivity index (χ1) is 12.7. The fraction of sp³-hybridized carbons (Fsp3) is 0.667. The van der Waals surface area contributed by atoms with Crippen molar-refractivity contribution in [1.82, 2.24) is 0 Å². The largest absolute Gasteiger partial charge is 0.497 e. The molecule has 1 unspecified atom stereocenters. The lowest BCUT2D eigenvalue weighted by Gasteiger charge is -2.31. The van der Waals surface area contributed by atoms with Gasteiger partial charge >= 0.3 is 5.97 Å². The van der Waals surface area contributed by atoms with Gasteiger partial charge in [-0.1, -0.05) is 41.5 Å². The summed E-state index contributed by atoms with van der Waals surface area (Å²) in [4.78, 5) is 12.8. The van der Waals surface area contributed by atoms with Crippen LogP contribution in [0, 0.1) is 0 Å². The summed E-state index contributed by atoms with van der Waals surface area (Å²) in [5, 5.41) is 29.7. The van der Waals surface area contributed by atoms with E-state index in [-0.39, 0.29) is 17.3 Å². The van der Waals surface area contributed by atoms with Crippen LogP contribution in [0.15, 0.2) is 12.1 Å². The molecule has 0 aromatic heterocycles. The van der Waals surface area contributed by atoms with E-state index >= 15 is 0 Å². The molecule has 7 nitrogen and oxygen atoms in total. The van der Waals surface area contributed by atoms with E-state index in [1.54, 1.807) is 7.11 Å². The van der Waals surface area contributed by atoms with Crippen molar-refractivity contribution in [3.05, 3.63) is 23.3 Å². The van der Waals surface area contributed by atoms with Crippen LogP contribution in [0.4, 0.5) is 0 Å². The van der Waals surface area contributed by atoms with Crippen molar-refractivity contribution in [2.24, 2.45) is 0 Å². The molecule has 3 N–H and O–H groups in total. The zero-order valence-corrected chi connectivity index (χ0v) is 17.7. The Kier molecular flexibility index (Phi) is 6.16. The summed E-state index contributed by atoms with van der Waals surface area (Å²) in [7, 11) is 1.57. The first kappa shape index (κ1) is 22.6. The zero-order valence-electron chi connectivity index (χ0n) is 17.7. The van der Waals surface area contributed by atoms with Crippen LogP contribution in [0.1, 0.15) is 59.1 Å². The Labute approximate surface area is 166 Å². The van der Waals surface area contributed by atoms with Gasteiger partial charge in [0, 0.05) is 17.5 Å². The Morgan fingerprint density at radius 3 is 2.04 bits per heavy atom. The maximum atomic E-state index is 12.8. The van der Waals surface area contributed by atoms with Crippen LogP contribution >= 0.6 is 0 Å². The molecule has 1 aliphatic rings. The first-order valence-corrected chi connectivity index (χ1v) is 9.37. The highest BCUT2D eigenvalue weighted by Crippen LogP contribution is 2.43. The quantitative estimate of drug-likeness (QED) is 0.528. The van der Waals surface area contributed by atoms with Crippen LogP contribution in [0.3, 0.4) is 0 Å². The minimum absolute atomic E-state index is 0.338. The molecule has 1 saturated heterocycles. The van der Waals surface area contributed by atoms with Crippen molar-refractivity contribution in [1.29, 1.82) is 0 Å².